The third-order valence-corrected chi connectivity index (χ3v) is 4.77. The van der Waals surface area contributed by atoms with Gasteiger partial charge in [0.1, 0.15) is 13.1 Å². The molecule has 0 saturated carbocycles. The molecule has 2 aromatic heterocycles. The third-order valence-electron chi connectivity index (χ3n) is 3.89. The predicted octanol–water partition coefficient (Wildman–Crippen LogP) is 3.58. The number of hydrogen-bond acceptors (Lipinski definition) is 3. The van der Waals surface area contributed by atoms with E-state index in [0.29, 0.717) is 13.1 Å². The Balaban J connectivity index is 1.66. The van der Waals surface area contributed by atoms with Crippen molar-refractivity contribution in [3.8, 4) is 0 Å². The van der Waals surface area contributed by atoms with E-state index in [2.05, 4.69) is 5.32 Å². The molecule has 27 heavy (non-hydrogen) atoms. The minimum atomic E-state index is -4.45. The summed E-state index contributed by atoms with van der Waals surface area (Å²) < 4.78 is 43.8. The van der Waals surface area contributed by atoms with Gasteiger partial charge < -0.3 is 14.6 Å². The van der Waals surface area contributed by atoms with E-state index < -0.39 is 11.7 Å². The van der Waals surface area contributed by atoms with E-state index in [4.69, 9.17) is 4.42 Å². The van der Waals surface area contributed by atoms with Crippen LogP contribution in [0.1, 0.15) is 16.2 Å². The van der Waals surface area contributed by atoms with Crippen LogP contribution < -0.4 is 10.2 Å². The fourth-order valence-corrected chi connectivity index (χ4v) is 3.49. The first-order valence-electron chi connectivity index (χ1n) is 8.25. The van der Waals surface area contributed by atoms with Crippen LogP contribution in [-0.2, 0) is 24.1 Å². The predicted molar refractivity (Wildman–Crippen MR) is 96.3 cm³/mol. The van der Waals surface area contributed by atoms with Gasteiger partial charge in [-0.1, -0.05) is 12.1 Å². The Morgan fingerprint density at radius 3 is 2.63 bits per heavy atom. The van der Waals surface area contributed by atoms with Crippen molar-refractivity contribution in [3.05, 3.63) is 76.4 Å². The van der Waals surface area contributed by atoms with E-state index in [1.807, 2.05) is 23.6 Å². The van der Waals surface area contributed by atoms with E-state index >= 15 is 0 Å². The quantitative estimate of drug-likeness (QED) is 0.642. The summed E-state index contributed by atoms with van der Waals surface area (Å²) in [5.74, 6) is 0.390. The van der Waals surface area contributed by atoms with Crippen LogP contribution in [0.3, 0.4) is 0 Å². The normalized spacial score (nSPS) is 12.7. The Morgan fingerprint density at radius 2 is 1.96 bits per heavy atom. The van der Waals surface area contributed by atoms with Crippen LogP contribution in [0.4, 0.5) is 18.9 Å². The van der Waals surface area contributed by atoms with Gasteiger partial charge >= 0.3 is 6.18 Å². The maximum Gasteiger partial charge on any atom is 0.416 e. The van der Waals surface area contributed by atoms with Gasteiger partial charge in [0.15, 0.2) is 12.3 Å². The smallest absolute Gasteiger partial charge is 0.416 e. The summed E-state index contributed by atoms with van der Waals surface area (Å²) in [5.41, 5.74) is -0.665. The molecule has 2 N–H and O–H groups in total. The van der Waals surface area contributed by atoms with Crippen LogP contribution in [0.15, 0.2) is 64.6 Å². The first-order valence-corrected chi connectivity index (χ1v) is 9.13. The molecule has 1 unspecified atom stereocenters. The molecule has 3 aromatic rings. The number of carbonyl (C=O) groups excluding carboxylic acids is 1. The van der Waals surface area contributed by atoms with Crippen LogP contribution in [-0.4, -0.2) is 12.5 Å². The Kier molecular flexibility index (Phi) is 5.98. The molecule has 0 aliphatic carbocycles. The number of rotatable bonds is 7. The molecule has 1 aromatic carbocycles. The largest absolute Gasteiger partial charge is 0.463 e. The first kappa shape index (κ1) is 19.2. The zero-order valence-electron chi connectivity index (χ0n) is 14.3. The molecule has 0 radical (unpaired) electrons. The average Bonchev–Trinajstić information content (AvgIpc) is 3.28. The van der Waals surface area contributed by atoms with Crippen molar-refractivity contribution in [3.63, 3.8) is 0 Å². The monoisotopic (exact) mass is 395 g/mol. The van der Waals surface area contributed by atoms with Gasteiger partial charge in [0.2, 0.25) is 0 Å². The van der Waals surface area contributed by atoms with Gasteiger partial charge in [0, 0.05) is 5.69 Å². The molecule has 1 amide bonds. The van der Waals surface area contributed by atoms with Crippen molar-refractivity contribution in [1.82, 2.24) is 0 Å². The number of thiophene rings is 1. The van der Waals surface area contributed by atoms with Crippen molar-refractivity contribution >= 4 is 22.9 Å². The highest BCUT2D eigenvalue weighted by Crippen LogP contribution is 2.30. The second-order valence-corrected chi connectivity index (χ2v) is 7.10. The maximum atomic E-state index is 12.8. The number of nitrogens with one attached hydrogen (secondary N) is 2. The molecule has 0 spiro atoms. The van der Waals surface area contributed by atoms with Crippen LogP contribution >= 0.6 is 11.3 Å². The van der Waals surface area contributed by atoms with Crippen LogP contribution in [0.2, 0.25) is 0 Å². The van der Waals surface area contributed by atoms with Crippen LogP contribution in [0.25, 0.3) is 0 Å². The summed E-state index contributed by atoms with van der Waals surface area (Å²) in [7, 11) is 0. The van der Waals surface area contributed by atoms with Gasteiger partial charge in [-0.3, -0.25) is 4.79 Å². The second-order valence-electron chi connectivity index (χ2n) is 6.07. The van der Waals surface area contributed by atoms with E-state index in [1.165, 1.54) is 12.1 Å². The summed E-state index contributed by atoms with van der Waals surface area (Å²) in [6, 6.07) is 12.2. The van der Waals surface area contributed by atoms with E-state index in [0.717, 1.165) is 27.7 Å². The highest BCUT2D eigenvalue weighted by Gasteiger charge is 2.30. The lowest BCUT2D eigenvalue weighted by Crippen LogP contribution is -3.10. The van der Waals surface area contributed by atoms with Gasteiger partial charge in [-0.25, -0.2) is 0 Å². The van der Waals surface area contributed by atoms with Gasteiger partial charge in [0.05, 0.1) is 16.7 Å². The fraction of sp³-hybridized carbons (Fsp3) is 0.211. The number of hydrogen-bond donors (Lipinski definition) is 2. The maximum absolute atomic E-state index is 12.8. The summed E-state index contributed by atoms with van der Waals surface area (Å²) in [6.45, 7) is 1.23. The Hall–Kier alpha value is -2.58. The lowest BCUT2D eigenvalue weighted by molar-refractivity contribution is -0.920. The number of carbonyl (C=O) groups is 1. The van der Waals surface area contributed by atoms with Crippen molar-refractivity contribution in [2.75, 3.05) is 11.9 Å². The van der Waals surface area contributed by atoms with Crippen molar-refractivity contribution in [2.24, 2.45) is 0 Å². The molecular weight excluding hydrogens is 377 g/mol. The number of halogens is 3. The molecule has 3 rings (SSSR count). The Labute approximate surface area is 158 Å². The lowest BCUT2D eigenvalue weighted by atomic mass is 10.2. The minimum absolute atomic E-state index is 0.106. The average molecular weight is 395 g/mol. The number of quaternary nitrogens is 1. The topological polar surface area (TPSA) is 46.7 Å². The summed E-state index contributed by atoms with van der Waals surface area (Å²) in [6.07, 6.45) is -2.88. The molecule has 0 aliphatic heterocycles. The number of furan rings is 1. The number of amides is 1. The van der Waals surface area contributed by atoms with Gasteiger partial charge in [-0.05, 0) is 41.8 Å². The summed E-state index contributed by atoms with van der Waals surface area (Å²) >= 11 is 1.59. The lowest BCUT2D eigenvalue weighted by Gasteiger charge is -2.17. The summed E-state index contributed by atoms with van der Waals surface area (Å²) in [5, 5.41) is 4.52. The zero-order chi connectivity index (χ0) is 19.3. The van der Waals surface area contributed by atoms with Gasteiger partial charge in [0.25, 0.3) is 5.91 Å². The number of anilines is 1. The van der Waals surface area contributed by atoms with E-state index in [9.17, 15) is 18.0 Å². The molecule has 0 saturated heterocycles. The Bertz CT molecular complexity index is 825. The van der Waals surface area contributed by atoms with Gasteiger partial charge in [-0.15, -0.1) is 11.3 Å². The SMILES string of the molecule is O=C(C[NH+](Cc1ccco1)Cc1cccs1)Nc1cccc(C(F)(F)F)c1. The number of benzene rings is 1. The molecule has 0 aliphatic rings. The first-order chi connectivity index (χ1) is 12.9. The summed E-state index contributed by atoms with van der Waals surface area (Å²) in [4.78, 5) is 14.4. The van der Waals surface area contributed by atoms with Crippen molar-refractivity contribution in [2.45, 2.75) is 19.3 Å². The third kappa shape index (κ3) is 5.70. The molecule has 2 heterocycles. The highest BCUT2D eigenvalue weighted by atomic mass is 32.1. The van der Waals surface area contributed by atoms with Crippen LogP contribution in [0, 0.1) is 0 Å². The second kappa shape index (κ2) is 8.41. The molecule has 0 bridgehead atoms. The van der Waals surface area contributed by atoms with Crippen LogP contribution in [0.5, 0.6) is 0 Å². The fourth-order valence-electron chi connectivity index (χ4n) is 2.71. The van der Waals surface area contributed by atoms with E-state index in [1.54, 1.807) is 23.7 Å². The highest BCUT2D eigenvalue weighted by molar-refractivity contribution is 7.09. The molecule has 0 fully saturated rings. The molecule has 1 atom stereocenters. The van der Waals surface area contributed by atoms with Gasteiger partial charge in [-0.2, -0.15) is 13.2 Å². The number of alkyl halides is 3. The van der Waals surface area contributed by atoms with E-state index in [-0.39, 0.29) is 18.1 Å². The molecule has 142 valence electrons. The zero-order valence-corrected chi connectivity index (χ0v) is 15.1. The molecule has 4 nitrogen and oxygen atoms in total. The van der Waals surface area contributed by atoms with Crippen molar-refractivity contribution in [1.29, 1.82) is 0 Å². The Morgan fingerprint density at radius 1 is 1.11 bits per heavy atom. The standard InChI is InChI=1S/C19H17F3N2O2S/c20-19(21,22)14-4-1-5-15(10-14)23-18(25)13-24(11-16-6-2-8-26-16)12-17-7-3-9-27-17/h1-10H,11-13H2,(H,23,25)/p+1. The minimum Gasteiger partial charge on any atom is -0.463 e. The van der Waals surface area contributed by atoms with Crippen molar-refractivity contribution < 1.29 is 27.3 Å². The molecule has 8 heteroatoms. The molecular formula is C19H18F3N2O2S+.